The molecule has 2 heterocycles. The Hall–Kier alpha value is -1.53. The van der Waals surface area contributed by atoms with Gasteiger partial charge in [0.15, 0.2) is 5.69 Å². The molecule has 1 amide bonds. The number of hydrogen-bond acceptors (Lipinski definition) is 2. The summed E-state index contributed by atoms with van der Waals surface area (Å²) in [5, 5.41) is 3.73. The monoisotopic (exact) mass is 289 g/mol. The Bertz CT molecular complexity index is 507. The number of carbonyl (C=O) groups is 1. The molecule has 112 valence electrons. The standard InChI is InChI=1S/C13H18F3N3O/c1-8(2)11-6-12(13(14,15)16)17-19(11)10-4-5-18(7-10)9(3)20/h6,8,10H,4-5,7H2,1-3H3. The number of nitrogens with zero attached hydrogens (tertiary/aromatic N) is 3. The molecule has 0 saturated carbocycles. The van der Waals surface area contributed by atoms with Crippen LogP contribution in [0.25, 0.3) is 0 Å². The van der Waals surface area contributed by atoms with Gasteiger partial charge in [0.1, 0.15) is 0 Å². The zero-order chi connectivity index (χ0) is 15.1. The molecule has 0 radical (unpaired) electrons. The van der Waals surface area contributed by atoms with Crippen LogP contribution in [0.15, 0.2) is 6.07 Å². The lowest BCUT2D eigenvalue weighted by Crippen LogP contribution is -2.27. The van der Waals surface area contributed by atoms with Gasteiger partial charge in [0.25, 0.3) is 0 Å². The van der Waals surface area contributed by atoms with Crippen LogP contribution in [0.5, 0.6) is 0 Å². The number of aromatic nitrogens is 2. The third kappa shape index (κ3) is 2.81. The van der Waals surface area contributed by atoms with Crippen molar-refractivity contribution in [2.24, 2.45) is 0 Å². The zero-order valence-electron chi connectivity index (χ0n) is 11.7. The van der Waals surface area contributed by atoms with Gasteiger partial charge in [-0.15, -0.1) is 0 Å². The van der Waals surface area contributed by atoms with Gasteiger partial charge >= 0.3 is 6.18 Å². The van der Waals surface area contributed by atoms with Crippen molar-refractivity contribution in [3.8, 4) is 0 Å². The first-order chi connectivity index (χ1) is 9.20. The number of amides is 1. The molecule has 2 rings (SSSR count). The van der Waals surface area contributed by atoms with Gasteiger partial charge in [-0.1, -0.05) is 13.8 Å². The largest absolute Gasteiger partial charge is 0.435 e. The first-order valence-electron chi connectivity index (χ1n) is 6.62. The predicted octanol–water partition coefficient (Wildman–Crippen LogP) is 2.82. The summed E-state index contributed by atoms with van der Waals surface area (Å²) in [5.41, 5.74) is -0.296. The molecule has 1 fully saturated rings. The fourth-order valence-electron chi connectivity index (χ4n) is 2.50. The highest BCUT2D eigenvalue weighted by Crippen LogP contribution is 2.33. The summed E-state index contributed by atoms with van der Waals surface area (Å²) in [4.78, 5) is 13.0. The number of carbonyl (C=O) groups excluding carboxylic acids is 1. The van der Waals surface area contributed by atoms with Crippen molar-refractivity contribution < 1.29 is 18.0 Å². The summed E-state index contributed by atoms with van der Waals surface area (Å²) in [6.07, 6.45) is -3.80. The van der Waals surface area contributed by atoms with Gasteiger partial charge in [-0.3, -0.25) is 9.48 Å². The summed E-state index contributed by atoms with van der Waals surface area (Å²) in [7, 11) is 0. The van der Waals surface area contributed by atoms with Crippen molar-refractivity contribution in [3.05, 3.63) is 17.5 Å². The molecule has 0 aromatic carbocycles. The van der Waals surface area contributed by atoms with Crippen LogP contribution >= 0.6 is 0 Å². The minimum atomic E-state index is -4.44. The van der Waals surface area contributed by atoms with Crippen LogP contribution in [0.3, 0.4) is 0 Å². The molecule has 1 aromatic heterocycles. The van der Waals surface area contributed by atoms with Gasteiger partial charge in [0, 0.05) is 25.7 Å². The number of halogens is 3. The van der Waals surface area contributed by atoms with Crippen molar-refractivity contribution in [3.63, 3.8) is 0 Å². The normalized spacial score (nSPS) is 19.9. The van der Waals surface area contributed by atoms with E-state index in [0.717, 1.165) is 6.07 Å². The average molecular weight is 289 g/mol. The lowest BCUT2D eigenvalue weighted by atomic mass is 10.1. The van der Waals surface area contributed by atoms with Crippen LogP contribution in [0.1, 0.15) is 50.5 Å². The van der Waals surface area contributed by atoms with Crippen LogP contribution in [-0.4, -0.2) is 33.7 Å². The third-order valence-electron chi connectivity index (χ3n) is 3.60. The number of likely N-dealkylation sites (tertiary alicyclic amines) is 1. The van der Waals surface area contributed by atoms with Gasteiger partial charge in [-0.2, -0.15) is 18.3 Å². The summed E-state index contributed by atoms with van der Waals surface area (Å²) in [6.45, 7) is 6.14. The Labute approximate surface area is 115 Å². The Morgan fingerprint density at radius 3 is 2.55 bits per heavy atom. The van der Waals surface area contributed by atoms with E-state index in [2.05, 4.69) is 5.10 Å². The molecular formula is C13H18F3N3O. The molecule has 4 nitrogen and oxygen atoms in total. The molecule has 1 unspecified atom stereocenters. The smallest absolute Gasteiger partial charge is 0.341 e. The van der Waals surface area contributed by atoms with E-state index in [1.165, 1.54) is 11.6 Å². The molecule has 1 aliphatic heterocycles. The highest BCUT2D eigenvalue weighted by molar-refractivity contribution is 5.73. The van der Waals surface area contributed by atoms with Gasteiger partial charge in [-0.25, -0.2) is 0 Å². The Balaban J connectivity index is 2.31. The van der Waals surface area contributed by atoms with Crippen molar-refractivity contribution in [2.75, 3.05) is 13.1 Å². The maximum Gasteiger partial charge on any atom is 0.435 e. The summed E-state index contributed by atoms with van der Waals surface area (Å²) < 4.78 is 39.8. The van der Waals surface area contributed by atoms with E-state index in [0.29, 0.717) is 25.2 Å². The van der Waals surface area contributed by atoms with Crippen LogP contribution in [0, 0.1) is 0 Å². The fourth-order valence-corrected chi connectivity index (χ4v) is 2.50. The first-order valence-corrected chi connectivity index (χ1v) is 6.62. The summed E-state index contributed by atoms with van der Waals surface area (Å²) in [5.74, 6) is -0.105. The number of alkyl halides is 3. The molecule has 0 N–H and O–H groups in total. The lowest BCUT2D eigenvalue weighted by Gasteiger charge is -2.17. The van der Waals surface area contributed by atoms with E-state index >= 15 is 0 Å². The molecule has 1 atom stereocenters. The molecule has 0 spiro atoms. The Morgan fingerprint density at radius 1 is 1.45 bits per heavy atom. The first kappa shape index (κ1) is 14.9. The quantitative estimate of drug-likeness (QED) is 0.839. The van der Waals surface area contributed by atoms with E-state index in [-0.39, 0.29) is 17.9 Å². The van der Waals surface area contributed by atoms with E-state index < -0.39 is 11.9 Å². The molecule has 0 bridgehead atoms. The zero-order valence-corrected chi connectivity index (χ0v) is 11.7. The van der Waals surface area contributed by atoms with Crippen molar-refractivity contribution in [1.29, 1.82) is 0 Å². The SMILES string of the molecule is CC(=O)N1CCC(n2nc(C(F)(F)F)cc2C(C)C)C1. The van der Waals surface area contributed by atoms with Crippen LogP contribution in [-0.2, 0) is 11.0 Å². The molecule has 0 aliphatic carbocycles. The van der Waals surface area contributed by atoms with Crippen molar-refractivity contribution in [1.82, 2.24) is 14.7 Å². The van der Waals surface area contributed by atoms with Gasteiger partial charge < -0.3 is 4.90 Å². The maximum atomic E-state index is 12.8. The lowest BCUT2D eigenvalue weighted by molar-refractivity contribution is -0.141. The molecular weight excluding hydrogens is 271 g/mol. The van der Waals surface area contributed by atoms with Crippen molar-refractivity contribution >= 4 is 5.91 Å². The predicted molar refractivity (Wildman–Crippen MR) is 67.2 cm³/mol. The van der Waals surface area contributed by atoms with E-state index in [1.807, 2.05) is 13.8 Å². The average Bonchev–Trinajstić information content (AvgIpc) is 2.94. The second kappa shape index (κ2) is 5.10. The van der Waals surface area contributed by atoms with E-state index in [4.69, 9.17) is 0 Å². The van der Waals surface area contributed by atoms with Gasteiger partial charge in [0.2, 0.25) is 5.91 Å². The molecule has 1 saturated heterocycles. The second-order valence-corrected chi connectivity index (χ2v) is 5.46. The van der Waals surface area contributed by atoms with Gasteiger partial charge in [0.05, 0.1) is 6.04 Å². The molecule has 20 heavy (non-hydrogen) atoms. The maximum absolute atomic E-state index is 12.8. The topological polar surface area (TPSA) is 38.1 Å². The summed E-state index contributed by atoms with van der Waals surface area (Å²) in [6, 6.07) is 0.938. The second-order valence-electron chi connectivity index (χ2n) is 5.46. The molecule has 7 heteroatoms. The number of rotatable bonds is 2. The van der Waals surface area contributed by atoms with Crippen LogP contribution in [0.2, 0.25) is 0 Å². The highest BCUT2D eigenvalue weighted by Gasteiger charge is 2.37. The Morgan fingerprint density at radius 2 is 2.10 bits per heavy atom. The van der Waals surface area contributed by atoms with Crippen LogP contribution in [0.4, 0.5) is 13.2 Å². The van der Waals surface area contributed by atoms with E-state index in [9.17, 15) is 18.0 Å². The van der Waals surface area contributed by atoms with Crippen molar-refractivity contribution in [2.45, 2.75) is 45.3 Å². The minimum absolute atomic E-state index is 0.0509. The van der Waals surface area contributed by atoms with Crippen LogP contribution < -0.4 is 0 Å². The molecule has 1 aromatic rings. The minimum Gasteiger partial charge on any atom is -0.341 e. The Kier molecular flexibility index (Phi) is 3.80. The van der Waals surface area contributed by atoms with Gasteiger partial charge in [-0.05, 0) is 18.4 Å². The third-order valence-corrected chi connectivity index (χ3v) is 3.60. The van der Waals surface area contributed by atoms with E-state index in [1.54, 1.807) is 4.90 Å². The summed E-state index contributed by atoms with van der Waals surface area (Å²) >= 11 is 0. The number of hydrogen-bond donors (Lipinski definition) is 0. The molecule has 1 aliphatic rings. The highest BCUT2D eigenvalue weighted by atomic mass is 19.4. The fraction of sp³-hybridized carbons (Fsp3) is 0.692.